The summed E-state index contributed by atoms with van der Waals surface area (Å²) in [7, 11) is 0. The summed E-state index contributed by atoms with van der Waals surface area (Å²) in [6.07, 6.45) is 3.96. The number of benzene rings is 2. The maximum Gasteiger partial charge on any atom is 0.191 e. The molecule has 0 saturated heterocycles. The molecule has 1 heterocycles. The molecule has 6 heteroatoms. The number of nitrogens with one attached hydrogen (secondary N) is 2. The van der Waals surface area contributed by atoms with E-state index in [4.69, 9.17) is 4.99 Å². The first kappa shape index (κ1) is 21.6. The number of guanidine groups is 1. The van der Waals surface area contributed by atoms with Gasteiger partial charge in [-0.2, -0.15) is 0 Å². The highest BCUT2D eigenvalue weighted by molar-refractivity contribution is 5.79. The molecule has 3 aromatic rings. The van der Waals surface area contributed by atoms with E-state index < -0.39 is 6.10 Å². The Morgan fingerprint density at radius 2 is 1.90 bits per heavy atom. The van der Waals surface area contributed by atoms with Crippen LogP contribution < -0.4 is 10.6 Å². The lowest BCUT2D eigenvalue weighted by Crippen LogP contribution is -2.38. The van der Waals surface area contributed by atoms with E-state index in [9.17, 15) is 5.11 Å². The summed E-state index contributed by atoms with van der Waals surface area (Å²) in [5.41, 5.74) is 3.32. The monoisotopic (exact) mass is 405 g/mol. The quantitative estimate of drug-likeness (QED) is 0.377. The molecule has 1 atom stereocenters. The van der Waals surface area contributed by atoms with Gasteiger partial charge in [0.2, 0.25) is 0 Å². The normalized spacial score (nSPS) is 12.6. The molecule has 158 valence electrons. The zero-order chi connectivity index (χ0) is 21.2. The fraction of sp³-hybridized carbons (Fsp3) is 0.333. The minimum atomic E-state index is -0.482. The van der Waals surface area contributed by atoms with Crippen molar-refractivity contribution in [3.63, 3.8) is 0 Å². The van der Waals surface area contributed by atoms with Crippen molar-refractivity contribution < 1.29 is 5.11 Å². The van der Waals surface area contributed by atoms with E-state index in [0.717, 1.165) is 36.0 Å². The molecule has 3 rings (SSSR count). The zero-order valence-corrected chi connectivity index (χ0v) is 17.8. The number of hydrogen-bond donors (Lipinski definition) is 3. The van der Waals surface area contributed by atoms with Gasteiger partial charge in [-0.25, -0.2) is 9.98 Å². The molecule has 1 aromatic heterocycles. The number of aliphatic imine (C=N–C) groups is 1. The van der Waals surface area contributed by atoms with Gasteiger partial charge in [-0.15, -0.1) is 0 Å². The molecular formula is C24H31N5O. The molecule has 3 N–H and O–H groups in total. The molecule has 0 bridgehead atoms. The van der Waals surface area contributed by atoms with Crippen LogP contribution in [0.5, 0.6) is 0 Å². The fourth-order valence-corrected chi connectivity index (χ4v) is 3.28. The summed E-state index contributed by atoms with van der Waals surface area (Å²) in [6, 6.07) is 18.2. The highest BCUT2D eigenvalue weighted by atomic mass is 16.3. The highest BCUT2D eigenvalue weighted by Crippen LogP contribution is 2.15. The van der Waals surface area contributed by atoms with Gasteiger partial charge in [0.25, 0.3) is 0 Å². The Labute approximate surface area is 178 Å². The first-order chi connectivity index (χ1) is 14.7. The topological polar surface area (TPSA) is 74.5 Å². The van der Waals surface area contributed by atoms with Crippen molar-refractivity contribution in [3.8, 4) is 0 Å². The molecule has 0 radical (unpaired) electrons. The predicted octanol–water partition coefficient (Wildman–Crippen LogP) is 3.42. The smallest absolute Gasteiger partial charge is 0.191 e. The van der Waals surface area contributed by atoms with Gasteiger partial charge < -0.3 is 20.3 Å². The number of nitrogens with zero attached hydrogens (tertiary/aromatic N) is 3. The van der Waals surface area contributed by atoms with E-state index in [1.165, 1.54) is 5.56 Å². The van der Waals surface area contributed by atoms with Gasteiger partial charge in [-0.1, -0.05) is 54.6 Å². The van der Waals surface area contributed by atoms with Crippen molar-refractivity contribution in [1.29, 1.82) is 0 Å². The second kappa shape index (κ2) is 11.2. The maximum atomic E-state index is 10.3. The van der Waals surface area contributed by atoms with Crippen LogP contribution in [0.4, 0.5) is 0 Å². The average molecular weight is 406 g/mol. The lowest BCUT2D eigenvalue weighted by Gasteiger charge is -2.14. The van der Waals surface area contributed by atoms with Crippen LogP contribution in [0.25, 0.3) is 0 Å². The van der Waals surface area contributed by atoms with Crippen LogP contribution in [0.1, 0.15) is 42.0 Å². The molecule has 2 aromatic carbocycles. The number of aliphatic hydroxyl groups is 1. The predicted molar refractivity (Wildman–Crippen MR) is 121 cm³/mol. The van der Waals surface area contributed by atoms with Gasteiger partial charge in [0.15, 0.2) is 5.96 Å². The molecule has 0 aliphatic rings. The van der Waals surface area contributed by atoms with Crippen molar-refractivity contribution in [2.75, 3.05) is 13.1 Å². The van der Waals surface area contributed by atoms with E-state index in [2.05, 4.69) is 44.5 Å². The van der Waals surface area contributed by atoms with Crippen LogP contribution in [-0.4, -0.2) is 33.7 Å². The average Bonchev–Trinajstić information content (AvgIpc) is 3.17. The lowest BCUT2D eigenvalue weighted by molar-refractivity contribution is 0.168. The van der Waals surface area contributed by atoms with Crippen molar-refractivity contribution in [1.82, 2.24) is 20.2 Å². The summed E-state index contributed by atoms with van der Waals surface area (Å²) in [5.74, 6) is 1.77. The second-order valence-corrected chi connectivity index (χ2v) is 7.26. The van der Waals surface area contributed by atoms with Crippen molar-refractivity contribution in [2.45, 2.75) is 39.5 Å². The van der Waals surface area contributed by atoms with E-state index in [1.54, 1.807) is 0 Å². The lowest BCUT2D eigenvalue weighted by atomic mass is 10.1. The Hall–Kier alpha value is -3.12. The van der Waals surface area contributed by atoms with Gasteiger partial charge in [0.05, 0.1) is 12.6 Å². The van der Waals surface area contributed by atoms with Crippen LogP contribution in [0.2, 0.25) is 0 Å². The number of aryl methyl sites for hydroxylation is 1. The zero-order valence-electron chi connectivity index (χ0n) is 17.8. The third-order valence-electron chi connectivity index (χ3n) is 4.93. The van der Waals surface area contributed by atoms with Crippen molar-refractivity contribution >= 4 is 5.96 Å². The van der Waals surface area contributed by atoms with E-state index in [0.29, 0.717) is 19.5 Å². The molecule has 0 fully saturated rings. The van der Waals surface area contributed by atoms with E-state index >= 15 is 0 Å². The third-order valence-corrected chi connectivity index (χ3v) is 4.93. The van der Waals surface area contributed by atoms with Crippen molar-refractivity contribution in [2.24, 2.45) is 4.99 Å². The summed E-state index contributed by atoms with van der Waals surface area (Å²) in [4.78, 5) is 8.98. The van der Waals surface area contributed by atoms with Crippen LogP contribution in [0.3, 0.4) is 0 Å². The number of hydrogen-bond acceptors (Lipinski definition) is 3. The molecule has 0 saturated carbocycles. The van der Waals surface area contributed by atoms with Gasteiger partial charge in [0.1, 0.15) is 5.82 Å². The van der Waals surface area contributed by atoms with Crippen LogP contribution in [0.15, 0.2) is 72.0 Å². The number of aliphatic hydroxyl groups excluding tert-OH is 1. The third kappa shape index (κ3) is 6.46. The summed E-state index contributed by atoms with van der Waals surface area (Å²) in [6.45, 7) is 6.88. The number of aromatic nitrogens is 2. The SMILES string of the molecule is CCNC(=NCc1cccc(Cn2ccnc2C)c1)NCCC(O)c1ccccc1. The van der Waals surface area contributed by atoms with Crippen LogP contribution in [0, 0.1) is 6.92 Å². The second-order valence-electron chi connectivity index (χ2n) is 7.26. The minimum absolute atomic E-state index is 0.482. The molecule has 6 nitrogen and oxygen atoms in total. The largest absolute Gasteiger partial charge is 0.388 e. The maximum absolute atomic E-state index is 10.3. The van der Waals surface area contributed by atoms with Gasteiger partial charge in [-0.3, -0.25) is 0 Å². The Morgan fingerprint density at radius 1 is 1.10 bits per heavy atom. The molecule has 0 aliphatic heterocycles. The molecule has 1 unspecified atom stereocenters. The van der Waals surface area contributed by atoms with Gasteiger partial charge >= 0.3 is 0 Å². The Balaban J connectivity index is 1.55. The van der Waals surface area contributed by atoms with Gasteiger partial charge in [0, 0.05) is 32.0 Å². The first-order valence-electron chi connectivity index (χ1n) is 10.5. The summed E-state index contributed by atoms with van der Waals surface area (Å²) >= 11 is 0. The van der Waals surface area contributed by atoms with Crippen LogP contribution in [-0.2, 0) is 13.1 Å². The molecular weight excluding hydrogens is 374 g/mol. The van der Waals surface area contributed by atoms with E-state index in [1.807, 2.05) is 56.6 Å². The van der Waals surface area contributed by atoms with Gasteiger partial charge in [-0.05, 0) is 37.0 Å². The number of rotatable bonds is 9. The summed E-state index contributed by atoms with van der Waals surface area (Å²) in [5, 5.41) is 16.9. The van der Waals surface area contributed by atoms with E-state index in [-0.39, 0.29) is 0 Å². The minimum Gasteiger partial charge on any atom is -0.388 e. The Kier molecular flexibility index (Phi) is 8.03. The summed E-state index contributed by atoms with van der Waals surface area (Å²) < 4.78 is 2.13. The first-order valence-corrected chi connectivity index (χ1v) is 10.5. The Bertz CT molecular complexity index is 936. The standard InChI is InChI=1S/C24H31N5O/c1-3-25-24(27-13-12-23(30)22-10-5-4-6-11-22)28-17-20-8-7-9-21(16-20)18-29-15-14-26-19(29)2/h4-11,14-16,23,30H,3,12-13,17-18H2,1-2H3,(H2,25,27,28). The Morgan fingerprint density at radius 3 is 2.63 bits per heavy atom. The highest BCUT2D eigenvalue weighted by Gasteiger charge is 2.07. The molecule has 0 amide bonds. The molecule has 0 aliphatic carbocycles. The fourth-order valence-electron chi connectivity index (χ4n) is 3.28. The van der Waals surface area contributed by atoms with Crippen LogP contribution >= 0.6 is 0 Å². The number of imidazole rings is 1. The molecule has 0 spiro atoms. The molecule has 30 heavy (non-hydrogen) atoms. The van der Waals surface area contributed by atoms with Crippen molar-refractivity contribution in [3.05, 3.63) is 89.5 Å².